The fourth-order valence-corrected chi connectivity index (χ4v) is 3.92. The lowest BCUT2D eigenvalue weighted by Crippen LogP contribution is -2.17. The molecule has 0 saturated heterocycles. The van der Waals surface area contributed by atoms with Gasteiger partial charge in [0.1, 0.15) is 0 Å². The first-order valence-corrected chi connectivity index (χ1v) is 8.51. The first-order valence-electron chi connectivity index (χ1n) is 6.75. The molecule has 1 atom stereocenters. The highest BCUT2D eigenvalue weighted by atomic mass is 32.1. The zero-order valence-electron chi connectivity index (χ0n) is 11.3. The average Bonchev–Trinajstić information content (AvgIpc) is 3.08. The van der Waals surface area contributed by atoms with Gasteiger partial charge in [-0.3, -0.25) is 4.79 Å². The van der Waals surface area contributed by atoms with E-state index in [1.807, 2.05) is 22.9 Å². The van der Waals surface area contributed by atoms with E-state index in [0.29, 0.717) is 5.92 Å². The first kappa shape index (κ1) is 13.5. The lowest BCUT2D eigenvalue weighted by atomic mass is 9.81. The van der Waals surface area contributed by atoms with Crippen LogP contribution in [0.1, 0.15) is 29.5 Å². The van der Waals surface area contributed by atoms with E-state index in [1.54, 1.807) is 22.7 Å². The highest BCUT2D eigenvalue weighted by molar-refractivity contribution is 7.11. The van der Waals surface area contributed by atoms with Gasteiger partial charge < -0.3 is 0 Å². The minimum Gasteiger partial charge on any atom is -0.289 e. The van der Waals surface area contributed by atoms with Gasteiger partial charge in [-0.2, -0.15) is 0 Å². The van der Waals surface area contributed by atoms with Crippen LogP contribution in [0.3, 0.4) is 0 Å². The van der Waals surface area contributed by atoms with Crippen LogP contribution in [0.4, 0.5) is 0 Å². The zero-order valence-corrected chi connectivity index (χ0v) is 13.0. The Balaban J connectivity index is 1.92. The first-order chi connectivity index (χ1) is 9.72. The van der Waals surface area contributed by atoms with Crippen LogP contribution in [-0.4, -0.2) is 5.78 Å². The molecule has 1 fully saturated rings. The second-order valence-electron chi connectivity index (χ2n) is 5.21. The maximum atomic E-state index is 12.6. The molecule has 0 aromatic carbocycles. The fourth-order valence-electron chi connectivity index (χ4n) is 2.55. The number of Topliss-reactive ketones (excluding diaryl/α,β-unsaturated/α-hetero) is 1. The molecule has 1 unspecified atom stereocenters. The van der Waals surface area contributed by atoms with Crippen molar-refractivity contribution in [1.29, 1.82) is 0 Å². The van der Waals surface area contributed by atoms with E-state index in [0.717, 1.165) is 33.7 Å². The highest BCUT2D eigenvalue weighted by Crippen LogP contribution is 2.33. The summed E-state index contributed by atoms with van der Waals surface area (Å²) >= 11 is 3.36. The minimum absolute atomic E-state index is 0.227. The van der Waals surface area contributed by atoms with Crippen LogP contribution in [0.2, 0.25) is 0 Å². The average molecular weight is 300 g/mol. The van der Waals surface area contributed by atoms with Gasteiger partial charge in [-0.05, 0) is 53.8 Å². The van der Waals surface area contributed by atoms with E-state index in [1.165, 1.54) is 0 Å². The summed E-state index contributed by atoms with van der Waals surface area (Å²) in [5, 5.41) is 4.09. The molecule has 0 spiro atoms. The van der Waals surface area contributed by atoms with Crippen LogP contribution in [0.5, 0.6) is 0 Å². The van der Waals surface area contributed by atoms with Gasteiger partial charge in [0.25, 0.3) is 0 Å². The molecule has 2 heterocycles. The molecule has 3 rings (SSSR count). The molecular weight excluding hydrogens is 284 g/mol. The molecule has 1 aliphatic carbocycles. The van der Waals surface area contributed by atoms with E-state index in [9.17, 15) is 4.79 Å². The van der Waals surface area contributed by atoms with E-state index in [2.05, 4.69) is 31.2 Å². The van der Waals surface area contributed by atoms with E-state index in [-0.39, 0.29) is 5.78 Å². The second kappa shape index (κ2) is 5.90. The smallest absolute Gasteiger partial charge is 0.185 e. The van der Waals surface area contributed by atoms with Gasteiger partial charge in [-0.15, -0.1) is 22.7 Å². The summed E-state index contributed by atoms with van der Waals surface area (Å²) in [6.07, 6.45) is 5.90. The van der Waals surface area contributed by atoms with Gasteiger partial charge in [0, 0.05) is 20.9 Å². The summed E-state index contributed by atoms with van der Waals surface area (Å²) in [5.41, 5.74) is 1.91. The predicted octanol–water partition coefficient (Wildman–Crippen LogP) is 5.28. The second-order valence-corrected chi connectivity index (χ2v) is 7.17. The summed E-state index contributed by atoms with van der Waals surface area (Å²) in [7, 11) is 0. The van der Waals surface area contributed by atoms with Crippen LogP contribution in [0.25, 0.3) is 12.2 Å². The van der Waals surface area contributed by atoms with Crippen LogP contribution in [0, 0.1) is 5.92 Å². The van der Waals surface area contributed by atoms with Crippen molar-refractivity contribution in [3.8, 4) is 0 Å². The lowest BCUT2D eigenvalue weighted by Gasteiger charge is -2.22. The Hall–Kier alpha value is -1.45. The maximum absolute atomic E-state index is 12.6. The number of rotatable bonds is 2. The van der Waals surface area contributed by atoms with Crippen molar-refractivity contribution in [2.24, 2.45) is 5.92 Å². The van der Waals surface area contributed by atoms with E-state index >= 15 is 0 Å². The zero-order chi connectivity index (χ0) is 13.9. The van der Waals surface area contributed by atoms with Crippen molar-refractivity contribution in [3.63, 3.8) is 0 Å². The molecule has 0 aliphatic heterocycles. The Bertz CT molecular complexity index is 589. The maximum Gasteiger partial charge on any atom is 0.185 e. The van der Waals surface area contributed by atoms with Gasteiger partial charge in [0.15, 0.2) is 5.78 Å². The molecule has 0 radical (unpaired) electrons. The summed E-state index contributed by atoms with van der Waals surface area (Å²) in [4.78, 5) is 14.9. The molecule has 1 nitrogen and oxygen atoms in total. The van der Waals surface area contributed by atoms with Crippen LogP contribution in [-0.2, 0) is 4.79 Å². The van der Waals surface area contributed by atoms with Crippen LogP contribution in [0.15, 0.2) is 46.2 Å². The molecule has 2 aromatic rings. The molecule has 2 aromatic heterocycles. The van der Waals surface area contributed by atoms with Crippen molar-refractivity contribution in [2.75, 3.05) is 0 Å². The standard InChI is InChI=1S/C17H16OS2/c1-12-8-13(10-15-4-2-6-19-15)17(18)14(9-12)11-16-5-3-7-20-16/h2-7,10-12H,8-9H2,1H3/b13-10-,14-11+. The quantitative estimate of drug-likeness (QED) is 0.690. The van der Waals surface area contributed by atoms with Crippen LogP contribution < -0.4 is 0 Å². The third-order valence-corrected chi connectivity index (χ3v) is 5.08. The third kappa shape index (κ3) is 3.00. The number of ketones is 1. The lowest BCUT2D eigenvalue weighted by molar-refractivity contribution is -0.113. The molecule has 102 valence electrons. The molecule has 20 heavy (non-hydrogen) atoms. The SMILES string of the molecule is CC1C/C(=C/c2cccs2)C(=O)/C(=C/c2cccs2)C1. The topological polar surface area (TPSA) is 17.1 Å². The molecule has 0 bridgehead atoms. The Morgan fingerprint density at radius 3 is 1.90 bits per heavy atom. The minimum atomic E-state index is 0.227. The summed E-state index contributed by atoms with van der Waals surface area (Å²) in [6.45, 7) is 2.22. The van der Waals surface area contributed by atoms with Gasteiger partial charge in [0.05, 0.1) is 0 Å². The Kier molecular flexibility index (Phi) is 3.99. The molecule has 1 saturated carbocycles. The molecule has 1 aliphatic rings. The van der Waals surface area contributed by atoms with Crippen LogP contribution >= 0.6 is 22.7 Å². The molecule has 0 N–H and O–H groups in total. The summed E-state index contributed by atoms with van der Waals surface area (Å²) < 4.78 is 0. The Morgan fingerprint density at radius 2 is 1.50 bits per heavy atom. The van der Waals surface area contributed by atoms with Crippen molar-refractivity contribution < 1.29 is 4.79 Å². The van der Waals surface area contributed by atoms with Crippen molar-refractivity contribution in [2.45, 2.75) is 19.8 Å². The van der Waals surface area contributed by atoms with Gasteiger partial charge >= 0.3 is 0 Å². The number of carbonyl (C=O) groups is 1. The van der Waals surface area contributed by atoms with Crippen molar-refractivity contribution >= 4 is 40.6 Å². The third-order valence-electron chi connectivity index (χ3n) is 3.44. The number of allylic oxidation sites excluding steroid dienone is 2. The number of hydrogen-bond donors (Lipinski definition) is 0. The van der Waals surface area contributed by atoms with Gasteiger partial charge in [0.2, 0.25) is 0 Å². The van der Waals surface area contributed by atoms with E-state index in [4.69, 9.17) is 0 Å². The number of hydrogen-bond acceptors (Lipinski definition) is 3. The molecule has 3 heteroatoms. The summed E-state index contributed by atoms with van der Waals surface area (Å²) in [5.74, 6) is 0.759. The number of carbonyl (C=O) groups excluding carboxylic acids is 1. The fraction of sp³-hybridized carbons (Fsp3) is 0.235. The van der Waals surface area contributed by atoms with Crippen molar-refractivity contribution in [1.82, 2.24) is 0 Å². The Morgan fingerprint density at radius 1 is 1.00 bits per heavy atom. The summed E-state index contributed by atoms with van der Waals surface area (Å²) in [6, 6.07) is 8.17. The van der Waals surface area contributed by atoms with E-state index < -0.39 is 0 Å². The predicted molar refractivity (Wildman–Crippen MR) is 88.0 cm³/mol. The Labute approximate surface area is 127 Å². The normalized spacial score (nSPS) is 23.6. The highest BCUT2D eigenvalue weighted by Gasteiger charge is 2.25. The van der Waals surface area contributed by atoms with Gasteiger partial charge in [-0.1, -0.05) is 19.1 Å². The van der Waals surface area contributed by atoms with Gasteiger partial charge in [-0.25, -0.2) is 0 Å². The largest absolute Gasteiger partial charge is 0.289 e. The molecule has 0 amide bonds. The van der Waals surface area contributed by atoms with Crippen molar-refractivity contribution in [3.05, 3.63) is 55.9 Å². The number of thiophene rings is 2. The molecular formula is C17H16OS2. The monoisotopic (exact) mass is 300 g/mol.